The van der Waals surface area contributed by atoms with E-state index in [4.69, 9.17) is 12.2 Å². The third-order valence-corrected chi connectivity index (χ3v) is 3.31. The molecule has 0 bridgehead atoms. The van der Waals surface area contributed by atoms with Crippen LogP contribution in [0.2, 0.25) is 0 Å². The SMILES string of the molecule is CCN1C(=O)/C(=C/c2ccc(Br)cc2)NC1=S. The number of nitrogens with zero attached hydrogens (tertiary/aromatic N) is 1. The average Bonchev–Trinajstić information content (AvgIpc) is 2.57. The Morgan fingerprint density at radius 2 is 2.06 bits per heavy atom. The number of carbonyl (C=O) groups excluding carboxylic acids is 1. The van der Waals surface area contributed by atoms with Crippen molar-refractivity contribution in [3.63, 3.8) is 0 Å². The monoisotopic (exact) mass is 310 g/mol. The molecular weight excluding hydrogens is 300 g/mol. The molecule has 1 aliphatic heterocycles. The van der Waals surface area contributed by atoms with E-state index >= 15 is 0 Å². The number of nitrogens with one attached hydrogen (secondary N) is 1. The minimum Gasteiger partial charge on any atom is -0.328 e. The minimum atomic E-state index is -0.0691. The fourth-order valence-corrected chi connectivity index (χ4v) is 2.17. The second-order valence-corrected chi connectivity index (χ2v) is 4.89. The highest BCUT2D eigenvalue weighted by atomic mass is 79.9. The summed E-state index contributed by atoms with van der Waals surface area (Å²) in [7, 11) is 0. The van der Waals surface area contributed by atoms with Crippen LogP contribution in [0.5, 0.6) is 0 Å². The van der Waals surface area contributed by atoms with E-state index < -0.39 is 0 Å². The summed E-state index contributed by atoms with van der Waals surface area (Å²) in [4.78, 5) is 13.5. The van der Waals surface area contributed by atoms with Crippen molar-refractivity contribution < 1.29 is 4.79 Å². The van der Waals surface area contributed by atoms with Gasteiger partial charge in [0.25, 0.3) is 5.91 Å². The average molecular weight is 311 g/mol. The van der Waals surface area contributed by atoms with Crippen molar-refractivity contribution in [2.45, 2.75) is 6.92 Å². The zero-order chi connectivity index (χ0) is 12.4. The van der Waals surface area contributed by atoms with E-state index in [1.807, 2.05) is 31.2 Å². The molecule has 0 unspecified atom stereocenters. The Kier molecular flexibility index (Phi) is 3.59. The number of halogens is 1. The number of amides is 1. The largest absolute Gasteiger partial charge is 0.328 e. The highest BCUT2D eigenvalue weighted by molar-refractivity contribution is 9.10. The van der Waals surface area contributed by atoms with Crippen LogP contribution in [0, 0.1) is 0 Å². The van der Waals surface area contributed by atoms with Crippen LogP contribution in [-0.2, 0) is 4.79 Å². The topological polar surface area (TPSA) is 32.3 Å². The Bertz CT molecular complexity index is 496. The van der Waals surface area contributed by atoms with Gasteiger partial charge in [-0.05, 0) is 42.9 Å². The molecule has 5 heteroatoms. The Balaban J connectivity index is 2.27. The first-order chi connectivity index (χ1) is 8.11. The lowest BCUT2D eigenvalue weighted by molar-refractivity contribution is -0.122. The molecular formula is C12H11BrN2OS. The van der Waals surface area contributed by atoms with E-state index in [9.17, 15) is 4.79 Å². The Morgan fingerprint density at radius 3 is 2.59 bits per heavy atom. The maximum atomic E-state index is 11.9. The van der Waals surface area contributed by atoms with Crippen LogP contribution in [0.3, 0.4) is 0 Å². The standard InChI is InChI=1S/C12H11BrN2OS/c1-2-15-11(16)10(14-12(15)17)7-8-3-5-9(13)6-4-8/h3-7H,2H2,1H3,(H,14,17)/b10-7-. The van der Waals surface area contributed by atoms with Crippen LogP contribution in [0.15, 0.2) is 34.4 Å². The van der Waals surface area contributed by atoms with Crippen molar-refractivity contribution in [2.75, 3.05) is 6.54 Å². The van der Waals surface area contributed by atoms with Crippen LogP contribution in [0.4, 0.5) is 0 Å². The van der Waals surface area contributed by atoms with Gasteiger partial charge in [-0.15, -0.1) is 0 Å². The highest BCUT2D eigenvalue weighted by Crippen LogP contribution is 2.16. The molecule has 2 rings (SSSR count). The van der Waals surface area contributed by atoms with Crippen LogP contribution < -0.4 is 5.32 Å². The number of thiocarbonyl (C=S) groups is 1. The lowest BCUT2D eigenvalue weighted by atomic mass is 10.2. The van der Waals surface area contributed by atoms with Gasteiger partial charge in [-0.25, -0.2) is 0 Å². The summed E-state index contributed by atoms with van der Waals surface area (Å²) >= 11 is 8.44. The Hall–Kier alpha value is -1.20. The number of likely N-dealkylation sites (N-methyl/N-ethyl adjacent to an activating group) is 1. The molecule has 3 nitrogen and oxygen atoms in total. The maximum absolute atomic E-state index is 11.9. The Labute approximate surface area is 114 Å². The van der Waals surface area contributed by atoms with Gasteiger partial charge < -0.3 is 5.32 Å². The quantitative estimate of drug-likeness (QED) is 0.673. The van der Waals surface area contributed by atoms with Crippen molar-refractivity contribution in [1.29, 1.82) is 0 Å². The first-order valence-corrected chi connectivity index (χ1v) is 6.42. The van der Waals surface area contributed by atoms with Gasteiger partial charge in [0.05, 0.1) is 0 Å². The molecule has 0 aromatic heterocycles. The molecule has 0 spiro atoms. The molecule has 0 aliphatic carbocycles. The molecule has 0 atom stereocenters. The van der Waals surface area contributed by atoms with E-state index in [1.54, 1.807) is 11.0 Å². The molecule has 1 aromatic carbocycles. The van der Waals surface area contributed by atoms with E-state index in [2.05, 4.69) is 21.2 Å². The van der Waals surface area contributed by atoms with Crippen molar-refractivity contribution in [1.82, 2.24) is 10.2 Å². The summed E-state index contributed by atoms with van der Waals surface area (Å²) in [6, 6.07) is 7.73. The van der Waals surface area contributed by atoms with E-state index in [-0.39, 0.29) is 5.91 Å². The molecule has 1 aromatic rings. The molecule has 1 N–H and O–H groups in total. The number of carbonyl (C=O) groups is 1. The number of hydrogen-bond donors (Lipinski definition) is 1. The van der Waals surface area contributed by atoms with Crippen LogP contribution in [-0.4, -0.2) is 22.5 Å². The van der Waals surface area contributed by atoms with Crippen LogP contribution in [0.25, 0.3) is 6.08 Å². The van der Waals surface area contributed by atoms with E-state index in [0.29, 0.717) is 17.4 Å². The van der Waals surface area contributed by atoms with Crippen LogP contribution >= 0.6 is 28.1 Å². The van der Waals surface area contributed by atoms with Crippen molar-refractivity contribution in [3.05, 3.63) is 40.0 Å². The van der Waals surface area contributed by atoms with Crippen LogP contribution in [0.1, 0.15) is 12.5 Å². The second kappa shape index (κ2) is 4.98. The molecule has 17 heavy (non-hydrogen) atoms. The minimum absolute atomic E-state index is 0.0691. The number of benzene rings is 1. The van der Waals surface area contributed by atoms with E-state index in [1.165, 1.54) is 0 Å². The van der Waals surface area contributed by atoms with Gasteiger partial charge in [-0.1, -0.05) is 28.1 Å². The van der Waals surface area contributed by atoms with Gasteiger partial charge in [0.1, 0.15) is 5.70 Å². The lowest BCUT2D eigenvalue weighted by Gasteiger charge is -2.08. The predicted molar refractivity (Wildman–Crippen MR) is 75.2 cm³/mol. The molecule has 1 heterocycles. The summed E-state index contributed by atoms with van der Waals surface area (Å²) in [5.41, 5.74) is 1.49. The smallest absolute Gasteiger partial charge is 0.276 e. The third-order valence-electron chi connectivity index (χ3n) is 2.46. The van der Waals surface area contributed by atoms with E-state index in [0.717, 1.165) is 10.0 Å². The van der Waals surface area contributed by atoms with Gasteiger partial charge in [0, 0.05) is 11.0 Å². The molecule has 1 aliphatic rings. The van der Waals surface area contributed by atoms with Gasteiger partial charge in [-0.3, -0.25) is 9.69 Å². The molecule has 1 saturated heterocycles. The summed E-state index contributed by atoms with van der Waals surface area (Å²) in [6.07, 6.45) is 1.80. The van der Waals surface area contributed by atoms with Gasteiger partial charge in [0.2, 0.25) is 0 Å². The second-order valence-electron chi connectivity index (χ2n) is 3.59. The lowest BCUT2D eigenvalue weighted by Crippen LogP contribution is -2.30. The van der Waals surface area contributed by atoms with Gasteiger partial charge in [-0.2, -0.15) is 0 Å². The zero-order valence-electron chi connectivity index (χ0n) is 9.24. The molecule has 0 saturated carbocycles. The van der Waals surface area contributed by atoms with Gasteiger partial charge >= 0.3 is 0 Å². The Morgan fingerprint density at radius 1 is 1.41 bits per heavy atom. The zero-order valence-corrected chi connectivity index (χ0v) is 11.6. The fourth-order valence-electron chi connectivity index (χ4n) is 1.58. The fraction of sp³-hybridized carbons (Fsp3) is 0.167. The first kappa shape index (κ1) is 12.3. The third kappa shape index (κ3) is 2.56. The summed E-state index contributed by atoms with van der Waals surface area (Å²) in [5.74, 6) is -0.0691. The molecule has 1 fully saturated rings. The molecule has 88 valence electrons. The number of rotatable bonds is 2. The summed E-state index contributed by atoms with van der Waals surface area (Å²) in [6.45, 7) is 2.48. The molecule has 1 amide bonds. The summed E-state index contributed by atoms with van der Waals surface area (Å²) < 4.78 is 1.01. The summed E-state index contributed by atoms with van der Waals surface area (Å²) in [5, 5.41) is 3.40. The van der Waals surface area contributed by atoms with Crippen molar-refractivity contribution in [3.8, 4) is 0 Å². The number of hydrogen-bond acceptors (Lipinski definition) is 2. The van der Waals surface area contributed by atoms with Crippen molar-refractivity contribution in [2.24, 2.45) is 0 Å². The van der Waals surface area contributed by atoms with Gasteiger partial charge in [0.15, 0.2) is 5.11 Å². The predicted octanol–water partition coefficient (Wildman–Crippen LogP) is 2.53. The first-order valence-electron chi connectivity index (χ1n) is 5.22. The highest BCUT2D eigenvalue weighted by Gasteiger charge is 2.28. The maximum Gasteiger partial charge on any atom is 0.276 e. The van der Waals surface area contributed by atoms with Crippen molar-refractivity contribution >= 4 is 45.2 Å². The molecule has 0 radical (unpaired) electrons. The normalized spacial score (nSPS) is 17.8.